The maximum Gasteiger partial charge on any atom is 0.407 e. The Balaban J connectivity index is 1.78. The van der Waals surface area contributed by atoms with Crippen molar-refractivity contribution >= 4 is 34.4 Å². The van der Waals surface area contributed by atoms with Crippen molar-refractivity contribution in [3.05, 3.63) is 27.8 Å². The van der Waals surface area contributed by atoms with E-state index in [1.54, 1.807) is 0 Å². The number of ether oxygens (including phenoxy) is 1. The molecule has 1 aliphatic rings. The summed E-state index contributed by atoms with van der Waals surface area (Å²) in [5.41, 5.74) is 0.694. The van der Waals surface area contributed by atoms with Crippen LogP contribution < -0.4 is 10.6 Å². The lowest BCUT2D eigenvalue weighted by molar-refractivity contribution is 0.0505. The molecule has 1 aromatic carbocycles. The van der Waals surface area contributed by atoms with Crippen molar-refractivity contribution in [1.29, 1.82) is 0 Å². The first kappa shape index (κ1) is 16.4. The quantitative estimate of drug-likeness (QED) is 0.747. The summed E-state index contributed by atoms with van der Waals surface area (Å²) in [6.07, 6.45) is 2.67. The van der Waals surface area contributed by atoms with Gasteiger partial charge in [0.05, 0.1) is 0 Å². The van der Waals surface area contributed by atoms with Gasteiger partial charge in [-0.15, -0.1) is 0 Å². The van der Waals surface area contributed by atoms with E-state index < -0.39 is 5.60 Å². The normalized spacial score (nSPS) is 21.9. The van der Waals surface area contributed by atoms with Crippen LogP contribution in [-0.4, -0.2) is 23.8 Å². The molecule has 4 nitrogen and oxygen atoms in total. The molecule has 0 radical (unpaired) electrons. The van der Waals surface area contributed by atoms with Crippen LogP contribution in [0.1, 0.15) is 40.0 Å². The monoisotopic (exact) mass is 402 g/mol. The van der Waals surface area contributed by atoms with Crippen LogP contribution in [-0.2, 0) is 4.74 Å². The first-order chi connectivity index (χ1) is 9.82. The molecule has 1 aromatic rings. The predicted molar refractivity (Wildman–Crippen MR) is 93.6 cm³/mol. The third-order valence-electron chi connectivity index (χ3n) is 3.37. The van der Waals surface area contributed by atoms with E-state index in [0.717, 1.165) is 24.9 Å². The number of alkyl carbamates (subject to hydrolysis) is 1. The highest BCUT2D eigenvalue weighted by molar-refractivity contribution is 14.1. The van der Waals surface area contributed by atoms with E-state index in [2.05, 4.69) is 57.5 Å². The first-order valence-electron chi connectivity index (χ1n) is 7.33. The Bertz CT molecular complexity index is 482. The summed E-state index contributed by atoms with van der Waals surface area (Å²) in [7, 11) is 0. The molecule has 1 amide bonds. The molecule has 0 spiro atoms. The lowest BCUT2D eigenvalue weighted by Crippen LogP contribution is -2.38. The number of halogens is 1. The Morgan fingerprint density at radius 3 is 2.43 bits per heavy atom. The second-order valence-electron chi connectivity index (χ2n) is 6.50. The Labute approximate surface area is 140 Å². The molecule has 0 aromatic heterocycles. The molecule has 0 aliphatic heterocycles. The van der Waals surface area contributed by atoms with Gasteiger partial charge in [-0.1, -0.05) is 0 Å². The number of anilines is 1. The van der Waals surface area contributed by atoms with Crippen LogP contribution in [0, 0.1) is 3.57 Å². The van der Waals surface area contributed by atoms with Crippen molar-refractivity contribution in [2.75, 3.05) is 5.32 Å². The molecule has 2 atom stereocenters. The van der Waals surface area contributed by atoms with E-state index in [1.807, 2.05) is 20.8 Å². The van der Waals surface area contributed by atoms with Crippen molar-refractivity contribution in [2.24, 2.45) is 0 Å². The van der Waals surface area contributed by atoms with E-state index in [-0.39, 0.29) is 12.1 Å². The molecule has 0 heterocycles. The van der Waals surface area contributed by atoms with Gasteiger partial charge in [0.1, 0.15) is 5.60 Å². The van der Waals surface area contributed by atoms with Crippen LogP contribution in [0.3, 0.4) is 0 Å². The molecule has 1 saturated carbocycles. The smallest absolute Gasteiger partial charge is 0.407 e. The molecule has 0 bridgehead atoms. The van der Waals surface area contributed by atoms with E-state index in [0.29, 0.717) is 6.04 Å². The molecule has 1 fully saturated rings. The zero-order chi connectivity index (χ0) is 15.5. The molecule has 2 N–H and O–H groups in total. The van der Waals surface area contributed by atoms with Gasteiger partial charge in [0.15, 0.2) is 0 Å². The van der Waals surface area contributed by atoms with Gasteiger partial charge in [0.2, 0.25) is 0 Å². The summed E-state index contributed by atoms with van der Waals surface area (Å²) < 4.78 is 6.53. The molecule has 2 unspecified atom stereocenters. The van der Waals surface area contributed by atoms with Crippen molar-refractivity contribution in [3.8, 4) is 0 Å². The topological polar surface area (TPSA) is 50.4 Å². The van der Waals surface area contributed by atoms with Crippen LogP contribution in [0.5, 0.6) is 0 Å². The number of carbonyl (C=O) groups is 1. The van der Waals surface area contributed by atoms with Crippen molar-refractivity contribution in [2.45, 2.75) is 57.7 Å². The lowest BCUT2D eigenvalue weighted by Gasteiger charge is -2.22. The van der Waals surface area contributed by atoms with Crippen molar-refractivity contribution < 1.29 is 9.53 Å². The van der Waals surface area contributed by atoms with Gasteiger partial charge in [0.25, 0.3) is 0 Å². The number of hydrogen-bond acceptors (Lipinski definition) is 3. The summed E-state index contributed by atoms with van der Waals surface area (Å²) in [6, 6.07) is 8.97. The van der Waals surface area contributed by atoms with Crippen LogP contribution in [0.2, 0.25) is 0 Å². The van der Waals surface area contributed by atoms with E-state index in [9.17, 15) is 4.79 Å². The van der Waals surface area contributed by atoms with Gasteiger partial charge < -0.3 is 15.4 Å². The van der Waals surface area contributed by atoms with Crippen LogP contribution in [0.25, 0.3) is 0 Å². The molecular weight excluding hydrogens is 379 g/mol. The molecule has 21 heavy (non-hydrogen) atoms. The van der Waals surface area contributed by atoms with Crippen molar-refractivity contribution in [3.63, 3.8) is 0 Å². The fourth-order valence-corrected chi connectivity index (χ4v) is 2.86. The SMILES string of the molecule is CC(C)(C)OC(=O)NC1CCC(Nc2ccc(I)cc2)C1. The van der Waals surface area contributed by atoms with Crippen LogP contribution in [0.15, 0.2) is 24.3 Å². The highest BCUT2D eigenvalue weighted by atomic mass is 127. The van der Waals surface area contributed by atoms with Gasteiger partial charge in [-0.2, -0.15) is 0 Å². The minimum Gasteiger partial charge on any atom is -0.444 e. The number of nitrogens with one attached hydrogen (secondary N) is 2. The second-order valence-corrected chi connectivity index (χ2v) is 7.75. The van der Waals surface area contributed by atoms with Gasteiger partial charge in [0, 0.05) is 21.3 Å². The highest BCUT2D eigenvalue weighted by Crippen LogP contribution is 2.24. The molecule has 0 saturated heterocycles. The molecular formula is C16H23IN2O2. The number of benzene rings is 1. The Morgan fingerprint density at radius 2 is 1.81 bits per heavy atom. The highest BCUT2D eigenvalue weighted by Gasteiger charge is 2.27. The maximum atomic E-state index is 11.8. The summed E-state index contributed by atoms with van der Waals surface area (Å²) in [6.45, 7) is 5.63. The molecule has 5 heteroatoms. The fourth-order valence-electron chi connectivity index (χ4n) is 2.50. The number of rotatable bonds is 3. The largest absolute Gasteiger partial charge is 0.444 e. The number of hydrogen-bond donors (Lipinski definition) is 2. The fraction of sp³-hybridized carbons (Fsp3) is 0.562. The maximum absolute atomic E-state index is 11.8. The predicted octanol–water partition coefficient (Wildman–Crippen LogP) is 4.15. The summed E-state index contributed by atoms with van der Waals surface area (Å²) in [5, 5.41) is 6.48. The molecule has 116 valence electrons. The van der Waals surface area contributed by atoms with E-state index in [1.165, 1.54) is 3.57 Å². The lowest BCUT2D eigenvalue weighted by atomic mass is 10.2. The number of carbonyl (C=O) groups excluding carboxylic acids is 1. The standard InChI is InChI=1S/C16H23IN2O2/c1-16(2,3)21-15(20)19-14-9-8-13(10-14)18-12-6-4-11(17)5-7-12/h4-7,13-14,18H,8-10H2,1-3H3,(H,19,20). The second kappa shape index (κ2) is 6.85. The molecule has 2 rings (SSSR count). The Kier molecular flexibility index (Phi) is 5.35. The zero-order valence-electron chi connectivity index (χ0n) is 12.8. The minimum absolute atomic E-state index is 0.196. The van der Waals surface area contributed by atoms with Gasteiger partial charge in [-0.25, -0.2) is 4.79 Å². The van der Waals surface area contributed by atoms with Gasteiger partial charge >= 0.3 is 6.09 Å². The Hall–Kier alpha value is -0.980. The third-order valence-corrected chi connectivity index (χ3v) is 4.09. The van der Waals surface area contributed by atoms with Gasteiger partial charge in [-0.3, -0.25) is 0 Å². The zero-order valence-corrected chi connectivity index (χ0v) is 14.9. The van der Waals surface area contributed by atoms with Crippen LogP contribution in [0.4, 0.5) is 10.5 Å². The number of amides is 1. The minimum atomic E-state index is -0.443. The third kappa shape index (κ3) is 5.73. The van der Waals surface area contributed by atoms with Crippen LogP contribution >= 0.6 is 22.6 Å². The van der Waals surface area contributed by atoms with Gasteiger partial charge in [-0.05, 0) is 86.9 Å². The van der Waals surface area contributed by atoms with E-state index >= 15 is 0 Å². The van der Waals surface area contributed by atoms with E-state index in [4.69, 9.17) is 4.74 Å². The average molecular weight is 402 g/mol. The average Bonchev–Trinajstić information content (AvgIpc) is 2.77. The Morgan fingerprint density at radius 1 is 1.19 bits per heavy atom. The van der Waals surface area contributed by atoms with Crippen molar-refractivity contribution in [1.82, 2.24) is 5.32 Å². The summed E-state index contributed by atoms with van der Waals surface area (Å²) in [5.74, 6) is 0. The summed E-state index contributed by atoms with van der Waals surface area (Å²) in [4.78, 5) is 11.8. The molecule has 1 aliphatic carbocycles. The summed E-state index contributed by atoms with van der Waals surface area (Å²) >= 11 is 2.30. The first-order valence-corrected chi connectivity index (χ1v) is 8.41.